The van der Waals surface area contributed by atoms with Crippen molar-refractivity contribution in [1.29, 1.82) is 5.41 Å². The largest absolute Gasteiger partial charge is 0.358 e. The number of rotatable bonds is 3. The summed E-state index contributed by atoms with van der Waals surface area (Å²) in [7, 11) is 0. The predicted octanol–water partition coefficient (Wildman–Crippen LogP) is 4.06. The van der Waals surface area contributed by atoms with Gasteiger partial charge in [0.2, 0.25) is 0 Å². The third-order valence-corrected chi connectivity index (χ3v) is 4.13. The quantitative estimate of drug-likeness (QED) is 0.839. The van der Waals surface area contributed by atoms with Crippen LogP contribution in [-0.4, -0.2) is 18.2 Å². The third kappa shape index (κ3) is 3.08. The summed E-state index contributed by atoms with van der Waals surface area (Å²) in [4.78, 5) is 14.2. The number of ketones is 1. The van der Waals surface area contributed by atoms with Crippen molar-refractivity contribution < 1.29 is 4.79 Å². The van der Waals surface area contributed by atoms with Crippen LogP contribution >= 0.6 is 0 Å². The summed E-state index contributed by atoms with van der Waals surface area (Å²) >= 11 is 0. The molecule has 0 radical (unpaired) electrons. The maximum Gasteiger partial charge on any atom is 0.188 e. The molecule has 1 heterocycles. The molecule has 1 aliphatic heterocycles. The molecule has 1 saturated heterocycles. The van der Waals surface area contributed by atoms with Gasteiger partial charge in [-0.3, -0.25) is 10.2 Å². The maximum atomic E-state index is 12.5. The van der Waals surface area contributed by atoms with E-state index in [4.69, 9.17) is 5.41 Å². The minimum absolute atomic E-state index is 0.0286. The van der Waals surface area contributed by atoms with Crippen LogP contribution in [0.5, 0.6) is 0 Å². The van der Waals surface area contributed by atoms with E-state index in [1.165, 1.54) is 0 Å². The van der Waals surface area contributed by atoms with E-state index in [1.807, 2.05) is 69.3 Å². The lowest BCUT2D eigenvalue weighted by atomic mass is 10.1. The minimum atomic E-state index is -0.0286. The molecular formula is C20H21N3O. The fraction of sp³-hybridized carbons (Fsp3) is 0.200. The summed E-state index contributed by atoms with van der Waals surface area (Å²) in [6.45, 7) is 6.09. The number of Topliss-reactive ketones (excluding diaryl/α,β-unsaturated/α-hetero) is 1. The molecular weight excluding hydrogens is 298 g/mol. The molecule has 3 rings (SSSR count). The van der Waals surface area contributed by atoms with Gasteiger partial charge in [0.1, 0.15) is 5.84 Å². The van der Waals surface area contributed by atoms with Gasteiger partial charge in [-0.05, 0) is 56.2 Å². The molecule has 0 atom stereocenters. The zero-order valence-electron chi connectivity index (χ0n) is 14.2. The Bertz CT molecular complexity index is 851. The number of amidine groups is 1. The van der Waals surface area contributed by atoms with Crippen molar-refractivity contribution in [2.75, 3.05) is 16.8 Å². The second-order valence-electron chi connectivity index (χ2n) is 6.19. The van der Waals surface area contributed by atoms with Crippen LogP contribution in [0.2, 0.25) is 0 Å². The van der Waals surface area contributed by atoms with E-state index in [0.29, 0.717) is 11.3 Å². The molecule has 4 nitrogen and oxygen atoms in total. The van der Waals surface area contributed by atoms with Crippen molar-refractivity contribution in [3.05, 3.63) is 70.9 Å². The average Bonchev–Trinajstić information content (AvgIpc) is 2.82. The number of allylic oxidation sites excluding steroid dienone is 1. The summed E-state index contributed by atoms with van der Waals surface area (Å²) in [6, 6.07) is 15.8. The lowest BCUT2D eigenvalue weighted by Gasteiger charge is -2.17. The number of aryl methyl sites for hydroxylation is 2. The highest BCUT2D eigenvalue weighted by Gasteiger charge is 2.33. The molecule has 2 aromatic rings. The van der Waals surface area contributed by atoms with Crippen LogP contribution in [0.25, 0.3) is 0 Å². The number of nitrogens with one attached hydrogen (secondary N) is 2. The molecule has 1 fully saturated rings. The van der Waals surface area contributed by atoms with Gasteiger partial charge in [-0.25, -0.2) is 0 Å². The van der Waals surface area contributed by atoms with Gasteiger partial charge in [-0.2, -0.15) is 0 Å². The normalized spacial score (nSPS) is 16.5. The Kier molecular flexibility index (Phi) is 4.21. The molecule has 2 aromatic carbocycles. The van der Waals surface area contributed by atoms with E-state index < -0.39 is 0 Å². The van der Waals surface area contributed by atoms with Crippen molar-refractivity contribution in [1.82, 2.24) is 0 Å². The lowest BCUT2D eigenvalue weighted by Crippen LogP contribution is -2.24. The van der Waals surface area contributed by atoms with E-state index in [2.05, 4.69) is 5.32 Å². The number of carbonyl (C=O) groups is 1. The molecule has 0 saturated carbocycles. The number of hydrogen-bond acceptors (Lipinski definition) is 3. The first-order valence-corrected chi connectivity index (χ1v) is 7.96. The highest BCUT2D eigenvalue weighted by atomic mass is 16.1. The van der Waals surface area contributed by atoms with Crippen LogP contribution < -0.4 is 10.2 Å². The first-order valence-electron chi connectivity index (χ1n) is 7.96. The standard InChI is InChI=1S/C20H21N3O/c1-13-6-4-8-16(10-13)22-15(3)19-18(24)12-23(20(19)21)17-9-5-7-14(2)11-17/h4-11,21-22H,12H2,1-3H3/b19-15+,21-20?. The number of nitrogens with zero attached hydrogens (tertiary/aromatic N) is 1. The number of anilines is 2. The van der Waals surface area contributed by atoms with Gasteiger partial charge in [-0.1, -0.05) is 24.3 Å². The molecule has 0 aliphatic carbocycles. The van der Waals surface area contributed by atoms with Crippen molar-refractivity contribution in [3.63, 3.8) is 0 Å². The van der Waals surface area contributed by atoms with Crippen LogP contribution in [0.4, 0.5) is 11.4 Å². The molecule has 0 aromatic heterocycles. The molecule has 24 heavy (non-hydrogen) atoms. The Morgan fingerprint density at radius 3 is 2.42 bits per heavy atom. The van der Waals surface area contributed by atoms with Gasteiger partial charge in [0.05, 0.1) is 12.1 Å². The van der Waals surface area contributed by atoms with Crippen LogP contribution in [0.3, 0.4) is 0 Å². The summed E-state index contributed by atoms with van der Waals surface area (Å²) in [6.07, 6.45) is 0. The van der Waals surface area contributed by atoms with Gasteiger partial charge in [-0.15, -0.1) is 0 Å². The van der Waals surface area contributed by atoms with E-state index in [0.717, 1.165) is 22.5 Å². The Balaban J connectivity index is 1.90. The maximum absolute atomic E-state index is 12.5. The van der Waals surface area contributed by atoms with Gasteiger partial charge < -0.3 is 10.2 Å². The highest BCUT2D eigenvalue weighted by molar-refractivity contribution is 6.33. The topological polar surface area (TPSA) is 56.2 Å². The predicted molar refractivity (Wildman–Crippen MR) is 98.8 cm³/mol. The summed E-state index contributed by atoms with van der Waals surface area (Å²) < 4.78 is 0. The van der Waals surface area contributed by atoms with Crippen molar-refractivity contribution in [3.8, 4) is 0 Å². The molecule has 122 valence electrons. The Hall–Kier alpha value is -2.88. The molecule has 0 bridgehead atoms. The van der Waals surface area contributed by atoms with E-state index in [-0.39, 0.29) is 18.2 Å². The lowest BCUT2D eigenvalue weighted by molar-refractivity contribution is -0.113. The monoisotopic (exact) mass is 319 g/mol. The zero-order valence-corrected chi connectivity index (χ0v) is 14.2. The molecule has 0 amide bonds. The van der Waals surface area contributed by atoms with Crippen LogP contribution in [0.15, 0.2) is 59.8 Å². The fourth-order valence-electron chi connectivity index (χ4n) is 2.97. The van der Waals surface area contributed by atoms with Gasteiger partial charge >= 0.3 is 0 Å². The van der Waals surface area contributed by atoms with Gasteiger partial charge in [0.25, 0.3) is 0 Å². The van der Waals surface area contributed by atoms with Gasteiger partial charge in [0.15, 0.2) is 5.78 Å². The van der Waals surface area contributed by atoms with E-state index in [9.17, 15) is 4.79 Å². The Labute approximate surface area is 142 Å². The molecule has 1 aliphatic rings. The van der Waals surface area contributed by atoms with Crippen LogP contribution in [-0.2, 0) is 4.79 Å². The average molecular weight is 319 g/mol. The SMILES string of the molecule is C/C(Nc1cccc(C)c1)=C1\C(=N)N(c2cccc(C)c2)CC1=O. The number of benzene rings is 2. The van der Waals surface area contributed by atoms with Crippen LogP contribution in [0, 0.1) is 19.3 Å². The van der Waals surface area contributed by atoms with Crippen molar-refractivity contribution in [2.24, 2.45) is 0 Å². The first-order chi connectivity index (χ1) is 11.5. The summed E-state index contributed by atoms with van der Waals surface area (Å²) in [5, 5.41) is 11.7. The molecule has 0 unspecified atom stereocenters. The molecule has 2 N–H and O–H groups in total. The Morgan fingerprint density at radius 2 is 1.75 bits per heavy atom. The van der Waals surface area contributed by atoms with E-state index in [1.54, 1.807) is 4.90 Å². The summed E-state index contributed by atoms with van der Waals surface area (Å²) in [5.41, 5.74) is 5.23. The van der Waals surface area contributed by atoms with Gasteiger partial charge in [0, 0.05) is 17.1 Å². The third-order valence-electron chi connectivity index (χ3n) is 4.13. The zero-order chi connectivity index (χ0) is 17.3. The fourth-order valence-corrected chi connectivity index (χ4v) is 2.97. The highest BCUT2D eigenvalue weighted by Crippen LogP contribution is 2.26. The minimum Gasteiger partial charge on any atom is -0.358 e. The first kappa shape index (κ1) is 16.0. The second kappa shape index (κ2) is 6.32. The van der Waals surface area contributed by atoms with Crippen molar-refractivity contribution >= 4 is 23.0 Å². The number of carbonyl (C=O) groups excluding carboxylic acids is 1. The molecule has 0 spiro atoms. The second-order valence-corrected chi connectivity index (χ2v) is 6.19. The van der Waals surface area contributed by atoms with Crippen LogP contribution in [0.1, 0.15) is 18.1 Å². The smallest absolute Gasteiger partial charge is 0.188 e. The van der Waals surface area contributed by atoms with E-state index >= 15 is 0 Å². The summed E-state index contributed by atoms with van der Waals surface area (Å²) in [5.74, 6) is 0.224. The Morgan fingerprint density at radius 1 is 1.08 bits per heavy atom. The number of hydrogen-bond donors (Lipinski definition) is 2. The molecule has 4 heteroatoms. The van der Waals surface area contributed by atoms with Crippen molar-refractivity contribution in [2.45, 2.75) is 20.8 Å².